The van der Waals surface area contributed by atoms with Crippen molar-refractivity contribution in [3.8, 4) is 5.75 Å². The van der Waals surface area contributed by atoms with Crippen LogP contribution < -0.4 is 10.5 Å². The van der Waals surface area contributed by atoms with E-state index in [4.69, 9.17) is 26.8 Å². The summed E-state index contributed by atoms with van der Waals surface area (Å²) >= 11 is 12.7. The second-order valence-electron chi connectivity index (χ2n) is 6.23. The summed E-state index contributed by atoms with van der Waals surface area (Å²) in [6, 6.07) is 5.03. The topological polar surface area (TPSA) is 78.6 Å². The molecule has 0 amide bonds. The quantitative estimate of drug-likeness (QED) is 0.309. The van der Waals surface area contributed by atoms with Crippen LogP contribution in [0.5, 0.6) is 5.75 Å². The number of hydrogen-bond donors (Lipinski definition) is 1. The Morgan fingerprint density at radius 2 is 1.96 bits per heavy atom. The van der Waals surface area contributed by atoms with Crippen LogP contribution in [0.4, 0.5) is 10.1 Å². The molecule has 148 valence electrons. The minimum Gasteiger partial charge on any atom is -0.473 e. The van der Waals surface area contributed by atoms with Gasteiger partial charge in [0.2, 0.25) is 5.60 Å². The first-order valence-corrected chi connectivity index (χ1v) is 10.3. The minimum atomic E-state index is -1.06. The van der Waals surface area contributed by atoms with Gasteiger partial charge < -0.3 is 15.2 Å². The summed E-state index contributed by atoms with van der Waals surface area (Å²) in [5.41, 5.74) is 5.39. The van der Waals surface area contributed by atoms with Gasteiger partial charge in [0, 0.05) is 22.9 Å². The molecule has 1 aliphatic carbocycles. The number of benzene rings is 2. The molecule has 28 heavy (non-hydrogen) atoms. The average molecular weight is 536 g/mol. The molecule has 9 heteroatoms. The number of nitrogen functional groups attached to an aromatic ring is 1. The van der Waals surface area contributed by atoms with Crippen molar-refractivity contribution in [2.45, 2.75) is 25.4 Å². The monoisotopic (exact) mass is 533 g/mol. The number of rotatable bonds is 6. The first-order valence-electron chi connectivity index (χ1n) is 8.33. The van der Waals surface area contributed by atoms with Crippen LogP contribution >= 0.6 is 43.5 Å². The number of halogens is 4. The number of carbonyl (C=O) groups is 2. The molecule has 0 heterocycles. The third-order valence-corrected chi connectivity index (χ3v) is 6.05. The summed E-state index contributed by atoms with van der Waals surface area (Å²) in [6.07, 6.45) is 1.03. The summed E-state index contributed by atoms with van der Waals surface area (Å²) in [5.74, 6) is -1.33. The number of anilines is 1. The Bertz CT molecular complexity index is 979. The maximum atomic E-state index is 13.6. The van der Waals surface area contributed by atoms with Gasteiger partial charge in [0.05, 0.1) is 27.4 Å². The Morgan fingerprint density at radius 1 is 1.29 bits per heavy atom. The van der Waals surface area contributed by atoms with Crippen LogP contribution in [0, 0.1) is 5.82 Å². The number of nitrogens with two attached hydrogens (primary N) is 1. The van der Waals surface area contributed by atoms with Crippen LogP contribution in [0.1, 0.15) is 35.7 Å². The van der Waals surface area contributed by atoms with Gasteiger partial charge in [-0.25, -0.2) is 9.18 Å². The zero-order valence-corrected chi connectivity index (χ0v) is 18.6. The highest BCUT2D eigenvalue weighted by molar-refractivity contribution is 9.11. The van der Waals surface area contributed by atoms with E-state index >= 15 is 0 Å². The molecule has 1 fully saturated rings. The molecule has 3 rings (SSSR count). The fourth-order valence-electron chi connectivity index (χ4n) is 2.65. The molecule has 0 saturated heterocycles. The second kappa shape index (κ2) is 8.00. The Kier molecular flexibility index (Phi) is 6.03. The van der Waals surface area contributed by atoms with Gasteiger partial charge in [0.15, 0.2) is 5.78 Å². The highest BCUT2D eigenvalue weighted by atomic mass is 79.9. The Labute approximate surface area is 182 Å². The van der Waals surface area contributed by atoms with E-state index < -0.39 is 23.2 Å². The van der Waals surface area contributed by atoms with E-state index in [1.807, 2.05) is 0 Å². The van der Waals surface area contributed by atoms with Crippen molar-refractivity contribution >= 4 is 60.9 Å². The molecule has 0 unspecified atom stereocenters. The van der Waals surface area contributed by atoms with E-state index in [-0.39, 0.29) is 38.7 Å². The number of ketones is 1. The lowest BCUT2D eigenvalue weighted by Crippen LogP contribution is -2.32. The molecule has 0 bridgehead atoms. The van der Waals surface area contributed by atoms with Crippen molar-refractivity contribution in [1.29, 1.82) is 0 Å². The van der Waals surface area contributed by atoms with Gasteiger partial charge in [-0.15, -0.1) is 0 Å². The predicted molar refractivity (Wildman–Crippen MR) is 110 cm³/mol. The second-order valence-corrected chi connectivity index (χ2v) is 8.28. The lowest BCUT2D eigenvalue weighted by molar-refractivity contribution is -0.153. The van der Waals surface area contributed by atoms with Gasteiger partial charge in [-0.3, -0.25) is 4.79 Å². The third-order valence-electron chi connectivity index (χ3n) is 4.28. The summed E-state index contributed by atoms with van der Waals surface area (Å²) in [6.45, 7) is 1.96. The normalized spacial score (nSPS) is 14.5. The lowest BCUT2D eigenvalue weighted by atomic mass is 10.0. The predicted octanol–water partition coefficient (Wildman–Crippen LogP) is 5.29. The van der Waals surface area contributed by atoms with Crippen LogP contribution in [0.15, 0.2) is 33.2 Å². The molecule has 1 aliphatic rings. The summed E-state index contributed by atoms with van der Waals surface area (Å²) < 4.78 is 25.1. The van der Waals surface area contributed by atoms with Gasteiger partial charge in [-0.1, -0.05) is 11.6 Å². The van der Waals surface area contributed by atoms with E-state index in [2.05, 4.69) is 31.9 Å². The van der Waals surface area contributed by atoms with Crippen molar-refractivity contribution in [1.82, 2.24) is 0 Å². The summed E-state index contributed by atoms with van der Waals surface area (Å²) in [5, 5.41) is 0.114. The van der Waals surface area contributed by atoms with E-state index in [1.54, 1.807) is 6.92 Å². The van der Waals surface area contributed by atoms with Gasteiger partial charge in [0.25, 0.3) is 0 Å². The summed E-state index contributed by atoms with van der Waals surface area (Å²) in [7, 11) is 0. The van der Waals surface area contributed by atoms with E-state index in [9.17, 15) is 14.0 Å². The first-order chi connectivity index (χ1) is 13.2. The molecule has 0 radical (unpaired) electrons. The van der Waals surface area contributed by atoms with E-state index in [0.29, 0.717) is 17.3 Å². The maximum absolute atomic E-state index is 13.6. The van der Waals surface area contributed by atoms with E-state index in [0.717, 1.165) is 6.07 Å². The third kappa shape index (κ3) is 3.90. The summed E-state index contributed by atoms with van der Waals surface area (Å²) in [4.78, 5) is 25.1. The van der Waals surface area contributed by atoms with Crippen molar-refractivity contribution in [3.63, 3.8) is 0 Å². The number of ether oxygens (including phenoxy) is 2. The van der Waals surface area contributed by atoms with Gasteiger partial charge in [0.1, 0.15) is 11.6 Å². The van der Waals surface area contributed by atoms with Crippen LogP contribution in [0.25, 0.3) is 0 Å². The molecule has 0 aliphatic heterocycles. The molecule has 0 atom stereocenters. The Hall–Kier alpha value is -1.64. The molecule has 1 saturated carbocycles. The molecule has 0 spiro atoms. The molecular formula is C19H15Br2ClFNO4. The zero-order valence-electron chi connectivity index (χ0n) is 14.7. The molecule has 2 aromatic rings. The van der Waals surface area contributed by atoms with Gasteiger partial charge in [-0.05, 0) is 63.0 Å². The van der Waals surface area contributed by atoms with Crippen molar-refractivity contribution in [3.05, 3.63) is 55.2 Å². The number of carbonyl (C=O) groups excluding carboxylic acids is 2. The standard InChI is InChI=1S/C19H15Br2ClFNO4/c1-2-27-18(26)19(5-6-19)28-13-8-11(20)14(15(21)16(13)24)17(25)10-7-9(23)3-4-12(10)22/h3-4,7-8H,2,5-6,24H2,1H3. The van der Waals surface area contributed by atoms with Crippen LogP contribution in [-0.2, 0) is 9.53 Å². The van der Waals surface area contributed by atoms with Gasteiger partial charge >= 0.3 is 5.97 Å². The van der Waals surface area contributed by atoms with Crippen molar-refractivity contribution in [2.75, 3.05) is 12.3 Å². The van der Waals surface area contributed by atoms with Crippen LogP contribution in [0.2, 0.25) is 5.02 Å². The largest absolute Gasteiger partial charge is 0.473 e. The molecule has 2 N–H and O–H groups in total. The Balaban J connectivity index is 1.98. The van der Waals surface area contributed by atoms with Gasteiger partial charge in [-0.2, -0.15) is 0 Å². The lowest BCUT2D eigenvalue weighted by Gasteiger charge is -2.20. The minimum absolute atomic E-state index is 0.00122. The smallest absolute Gasteiger partial charge is 0.350 e. The van der Waals surface area contributed by atoms with Crippen LogP contribution in [-0.4, -0.2) is 24.0 Å². The first kappa shape index (κ1) is 21.1. The highest BCUT2D eigenvalue weighted by Gasteiger charge is 2.55. The van der Waals surface area contributed by atoms with Crippen molar-refractivity contribution in [2.24, 2.45) is 0 Å². The molecular weight excluding hydrogens is 520 g/mol. The highest BCUT2D eigenvalue weighted by Crippen LogP contribution is 2.46. The van der Waals surface area contributed by atoms with Crippen LogP contribution in [0.3, 0.4) is 0 Å². The zero-order chi connectivity index (χ0) is 20.6. The fourth-order valence-corrected chi connectivity index (χ4v) is 4.29. The average Bonchev–Trinajstić information content (AvgIpc) is 3.42. The van der Waals surface area contributed by atoms with E-state index in [1.165, 1.54) is 18.2 Å². The molecule has 0 aromatic heterocycles. The molecule has 5 nitrogen and oxygen atoms in total. The number of hydrogen-bond acceptors (Lipinski definition) is 5. The SMILES string of the molecule is CCOC(=O)C1(Oc2cc(Br)c(C(=O)c3cc(F)ccc3Cl)c(Br)c2N)CC1. The number of esters is 1. The fraction of sp³-hybridized carbons (Fsp3) is 0.263. The van der Waals surface area contributed by atoms with Crippen molar-refractivity contribution < 1.29 is 23.5 Å². The maximum Gasteiger partial charge on any atom is 0.350 e. The Morgan fingerprint density at radius 3 is 2.57 bits per heavy atom. The molecule has 2 aromatic carbocycles.